The van der Waals surface area contributed by atoms with Gasteiger partial charge in [0.25, 0.3) is 5.78 Å². The van der Waals surface area contributed by atoms with E-state index in [2.05, 4.69) is 30.6 Å². The molecule has 0 saturated carbocycles. The Morgan fingerprint density at radius 2 is 1.96 bits per heavy atom. The first-order chi connectivity index (χ1) is 13.6. The van der Waals surface area contributed by atoms with E-state index in [1.807, 2.05) is 37.3 Å². The standard InChI is InChI=1S/C19H23N7O2/c1-13-11-17(26-18(22-13)20-12-21-26)25-9-7-15(8-10-25)24-19(27)23-14-3-5-16(28-2)6-4-14/h3-6,11-12,15H,7-10H2,1-2H3,(H2,23,24,27). The number of ether oxygens (including phenoxy) is 1. The van der Waals surface area contributed by atoms with Crippen LogP contribution >= 0.6 is 0 Å². The highest BCUT2D eigenvalue weighted by Gasteiger charge is 2.23. The van der Waals surface area contributed by atoms with Gasteiger partial charge in [-0.2, -0.15) is 14.6 Å². The summed E-state index contributed by atoms with van der Waals surface area (Å²) in [5.41, 5.74) is 1.64. The summed E-state index contributed by atoms with van der Waals surface area (Å²) < 4.78 is 6.89. The van der Waals surface area contributed by atoms with E-state index in [0.29, 0.717) is 5.78 Å². The minimum atomic E-state index is -0.193. The maximum Gasteiger partial charge on any atom is 0.319 e. The topological polar surface area (TPSA) is 96.7 Å². The molecule has 0 spiro atoms. The van der Waals surface area contributed by atoms with Gasteiger partial charge in [0.05, 0.1) is 7.11 Å². The van der Waals surface area contributed by atoms with Crippen LogP contribution in [-0.2, 0) is 0 Å². The zero-order valence-corrected chi connectivity index (χ0v) is 15.9. The van der Waals surface area contributed by atoms with E-state index in [-0.39, 0.29) is 12.1 Å². The Hall–Kier alpha value is -3.36. The van der Waals surface area contributed by atoms with Gasteiger partial charge in [-0.15, -0.1) is 0 Å². The molecule has 146 valence electrons. The Morgan fingerprint density at radius 3 is 2.68 bits per heavy atom. The Bertz CT molecular complexity index is 962. The average molecular weight is 381 g/mol. The van der Waals surface area contributed by atoms with Crippen LogP contribution in [0.25, 0.3) is 5.78 Å². The van der Waals surface area contributed by atoms with Gasteiger partial charge in [-0.05, 0) is 44.0 Å². The number of carbonyl (C=O) groups is 1. The predicted octanol–water partition coefficient (Wildman–Crippen LogP) is 2.23. The Morgan fingerprint density at radius 1 is 1.21 bits per heavy atom. The smallest absolute Gasteiger partial charge is 0.319 e. The Labute approximate surface area is 162 Å². The molecule has 0 bridgehead atoms. The fourth-order valence-electron chi connectivity index (χ4n) is 3.42. The summed E-state index contributed by atoms with van der Waals surface area (Å²) in [6.07, 6.45) is 3.23. The third-order valence-corrected chi connectivity index (χ3v) is 4.86. The third kappa shape index (κ3) is 3.83. The molecule has 1 saturated heterocycles. The SMILES string of the molecule is COc1ccc(NC(=O)NC2CCN(c3cc(C)nc4ncnn34)CC2)cc1. The molecule has 2 aromatic heterocycles. The molecule has 9 heteroatoms. The first-order valence-electron chi connectivity index (χ1n) is 9.26. The molecule has 0 aliphatic carbocycles. The lowest BCUT2D eigenvalue weighted by atomic mass is 10.1. The van der Waals surface area contributed by atoms with Crippen LogP contribution < -0.4 is 20.3 Å². The van der Waals surface area contributed by atoms with Crippen molar-refractivity contribution in [2.24, 2.45) is 0 Å². The first-order valence-corrected chi connectivity index (χ1v) is 9.26. The van der Waals surface area contributed by atoms with Crippen molar-refractivity contribution in [3.05, 3.63) is 42.4 Å². The number of nitrogens with one attached hydrogen (secondary N) is 2. The number of hydrogen-bond donors (Lipinski definition) is 2. The molecule has 4 rings (SSSR count). The molecule has 2 amide bonds. The number of carbonyl (C=O) groups excluding carboxylic acids is 1. The zero-order chi connectivity index (χ0) is 19.5. The van der Waals surface area contributed by atoms with Gasteiger partial charge in [-0.3, -0.25) is 0 Å². The molecule has 9 nitrogen and oxygen atoms in total. The van der Waals surface area contributed by atoms with Crippen LogP contribution in [0.15, 0.2) is 36.7 Å². The van der Waals surface area contributed by atoms with Crippen LogP contribution in [0.2, 0.25) is 0 Å². The number of rotatable bonds is 4. The molecule has 1 aliphatic heterocycles. The minimum absolute atomic E-state index is 0.128. The Balaban J connectivity index is 1.33. The second-order valence-corrected chi connectivity index (χ2v) is 6.82. The highest BCUT2D eigenvalue weighted by Crippen LogP contribution is 2.21. The van der Waals surface area contributed by atoms with Crippen molar-refractivity contribution >= 4 is 23.3 Å². The second-order valence-electron chi connectivity index (χ2n) is 6.82. The van der Waals surface area contributed by atoms with Crippen molar-refractivity contribution in [2.75, 3.05) is 30.4 Å². The first kappa shape index (κ1) is 18.0. The molecule has 1 aliphatic rings. The van der Waals surface area contributed by atoms with Crippen LogP contribution in [0.5, 0.6) is 5.75 Å². The van der Waals surface area contributed by atoms with Gasteiger partial charge in [-0.25, -0.2) is 9.78 Å². The van der Waals surface area contributed by atoms with Gasteiger partial charge in [0.1, 0.15) is 17.9 Å². The maximum absolute atomic E-state index is 12.3. The number of methoxy groups -OCH3 is 1. The largest absolute Gasteiger partial charge is 0.497 e. The number of anilines is 2. The molecule has 2 N–H and O–H groups in total. The summed E-state index contributed by atoms with van der Waals surface area (Å²) in [6.45, 7) is 3.60. The fraction of sp³-hybridized carbons (Fsp3) is 0.368. The summed E-state index contributed by atoms with van der Waals surface area (Å²) in [4.78, 5) is 23.1. The van der Waals surface area contributed by atoms with E-state index in [4.69, 9.17) is 4.74 Å². The van der Waals surface area contributed by atoms with E-state index in [1.165, 1.54) is 6.33 Å². The summed E-state index contributed by atoms with van der Waals surface area (Å²) in [6, 6.07) is 9.22. The number of benzene rings is 1. The summed E-state index contributed by atoms with van der Waals surface area (Å²) in [5.74, 6) is 2.35. The molecule has 3 aromatic rings. The van der Waals surface area contributed by atoms with Gasteiger partial charge in [0.15, 0.2) is 0 Å². The number of hydrogen-bond acceptors (Lipinski definition) is 6. The van der Waals surface area contributed by atoms with Crippen molar-refractivity contribution in [2.45, 2.75) is 25.8 Å². The summed E-state index contributed by atoms with van der Waals surface area (Å²) >= 11 is 0. The fourth-order valence-corrected chi connectivity index (χ4v) is 3.42. The predicted molar refractivity (Wildman–Crippen MR) is 106 cm³/mol. The van der Waals surface area contributed by atoms with Gasteiger partial charge in [-0.1, -0.05) is 0 Å². The number of urea groups is 1. The second kappa shape index (κ2) is 7.71. The molecule has 0 unspecified atom stereocenters. The number of nitrogens with zero attached hydrogens (tertiary/aromatic N) is 5. The van der Waals surface area contributed by atoms with Crippen LogP contribution in [-0.4, -0.2) is 51.9 Å². The van der Waals surface area contributed by atoms with Gasteiger partial charge < -0.3 is 20.3 Å². The van der Waals surface area contributed by atoms with Crippen LogP contribution in [0, 0.1) is 6.92 Å². The van der Waals surface area contributed by atoms with Crippen molar-refractivity contribution in [3.8, 4) is 5.75 Å². The quantitative estimate of drug-likeness (QED) is 0.719. The maximum atomic E-state index is 12.3. The lowest BCUT2D eigenvalue weighted by Crippen LogP contribution is -2.46. The summed E-state index contributed by atoms with van der Waals surface area (Å²) in [7, 11) is 1.61. The monoisotopic (exact) mass is 381 g/mol. The molecule has 3 heterocycles. The molecule has 0 atom stereocenters. The molecule has 1 fully saturated rings. The zero-order valence-electron chi connectivity index (χ0n) is 15.9. The highest BCUT2D eigenvalue weighted by molar-refractivity contribution is 5.89. The lowest BCUT2D eigenvalue weighted by Gasteiger charge is -2.33. The minimum Gasteiger partial charge on any atom is -0.497 e. The van der Waals surface area contributed by atoms with Crippen molar-refractivity contribution in [1.82, 2.24) is 24.9 Å². The van der Waals surface area contributed by atoms with Crippen LogP contribution in [0.4, 0.5) is 16.3 Å². The normalized spacial score (nSPS) is 14.9. The Kier molecular flexibility index (Phi) is 4.96. The van der Waals surface area contributed by atoms with Crippen molar-refractivity contribution in [1.29, 1.82) is 0 Å². The molecular formula is C19H23N7O2. The highest BCUT2D eigenvalue weighted by atomic mass is 16.5. The van der Waals surface area contributed by atoms with E-state index < -0.39 is 0 Å². The van der Waals surface area contributed by atoms with Crippen LogP contribution in [0.1, 0.15) is 18.5 Å². The third-order valence-electron chi connectivity index (χ3n) is 4.86. The lowest BCUT2D eigenvalue weighted by molar-refractivity contribution is 0.246. The van der Waals surface area contributed by atoms with Crippen molar-refractivity contribution < 1.29 is 9.53 Å². The van der Waals surface area contributed by atoms with Gasteiger partial charge in [0.2, 0.25) is 0 Å². The molecule has 28 heavy (non-hydrogen) atoms. The van der Waals surface area contributed by atoms with Crippen molar-refractivity contribution in [3.63, 3.8) is 0 Å². The molecule has 0 radical (unpaired) electrons. The number of fused-ring (bicyclic) bond motifs is 1. The van der Waals surface area contributed by atoms with Gasteiger partial charge >= 0.3 is 6.03 Å². The number of amides is 2. The van der Waals surface area contributed by atoms with E-state index in [1.54, 1.807) is 11.6 Å². The average Bonchev–Trinajstić information content (AvgIpc) is 3.17. The van der Waals surface area contributed by atoms with Crippen LogP contribution in [0.3, 0.4) is 0 Å². The van der Waals surface area contributed by atoms with Gasteiger partial charge in [0, 0.05) is 36.6 Å². The molecule has 1 aromatic carbocycles. The molecular weight excluding hydrogens is 358 g/mol. The van der Waals surface area contributed by atoms with E-state index in [9.17, 15) is 4.79 Å². The number of piperidine rings is 1. The number of aromatic nitrogens is 4. The summed E-state index contributed by atoms with van der Waals surface area (Å²) in [5, 5.41) is 10.2. The van der Waals surface area contributed by atoms with E-state index >= 15 is 0 Å². The van der Waals surface area contributed by atoms with E-state index in [0.717, 1.165) is 48.9 Å². The number of aryl methyl sites for hydroxylation is 1.